The lowest BCUT2D eigenvalue weighted by molar-refractivity contribution is -0.142. The average Bonchev–Trinajstić information content (AvgIpc) is 2.59. The highest BCUT2D eigenvalue weighted by Gasteiger charge is 2.24. The van der Waals surface area contributed by atoms with Crippen LogP contribution in [-0.2, 0) is 9.59 Å². The summed E-state index contributed by atoms with van der Waals surface area (Å²) in [5.41, 5.74) is 0.720. The van der Waals surface area contributed by atoms with Crippen molar-refractivity contribution in [1.82, 2.24) is 5.32 Å². The van der Waals surface area contributed by atoms with Gasteiger partial charge >= 0.3 is 5.97 Å². The Labute approximate surface area is 155 Å². The second kappa shape index (κ2) is 8.67. The summed E-state index contributed by atoms with van der Waals surface area (Å²) in [5, 5.41) is 12.1. The van der Waals surface area contributed by atoms with Gasteiger partial charge < -0.3 is 15.2 Å². The third-order valence-electron chi connectivity index (χ3n) is 3.99. The third kappa shape index (κ3) is 4.73. The molecule has 0 aromatic heterocycles. The van der Waals surface area contributed by atoms with Crippen molar-refractivity contribution in [3.63, 3.8) is 0 Å². The molecule has 0 aliphatic carbocycles. The number of halogens is 2. The van der Waals surface area contributed by atoms with Gasteiger partial charge in [-0.05, 0) is 35.2 Å². The number of rotatable bonds is 7. The van der Waals surface area contributed by atoms with Crippen LogP contribution in [0.1, 0.15) is 36.4 Å². The van der Waals surface area contributed by atoms with Crippen LogP contribution >= 0.6 is 11.6 Å². The fourth-order valence-electron chi connectivity index (χ4n) is 2.63. The zero-order valence-electron chi connectivity index (χ0n) is 14.3. The number of benzene rings is 2. The Morgan fingerprint density at radius 2 is 1.96 bits per heavy atom. The van der Waals surface area contributed by atoms with Gasteiger partial charge in [-0.25, -0.2) is 9.18 Å². The minimum absolute atomic E-state index is 0.0470. The lowest BCUT2D eigenvalue weighted by Gasteiger charge is -2.18. The van der Waals surface area contributed by atoms with Crippen LogP contribution in [0.4, 0.5) is 4.39 Å². The molecule has 26 heavy (non-hydrogen) atoms. The molecule has 0 spiro atoms. The number of nitrogens with one attached hydrogen (secondary N) is 1. The predicted octanol–water partition coefficient (Wildman–Crippen LogP) is 3.92. The van der Waals surface area contributed by atoms with Gasteiger partial charge in [0.1, 0.15) is 11.6 Å². The Morgan fingerprint density at radius 3 is 2.54 bits per heavy atom. The second-order valence-electron chi connectivity index (χ2n) is 5.86. The monoisotopic (exact) mass is 379 g/mol. The van der Waals surface area contributed by atoms with E-state index in [0.717, 1.165) is 0 Å². The van der Waals surface area contributed by atoms with Crippen LogP contribution in [0.5, 0.6) is 5.75 Å². The Balaban J connectivity index is 2.12. The molecular weight excluding hydrogens is 361 g/mol. The summed E-state index contributed by atoms with van der Waals surface area (Å²) in [7, 11) is 1.45. The number of carbonyl (C=O) groups is 2. The van der Waals surface area contributed by atoms with E-state index in [9.17, 15) is 19.1 Å². The molecule has 0 saturated carbocycles. The van der Waals surface area contributed by atoms with Gasteiger partial charge in [-0.2, -0.15) is 0 Å². The summed E-state index contributed by atoms with van der Waals surface area (Å²) in [6, 6.07) is 9.39. The summed E-state index contributed by atoms with van der Waals surface area (Å²) in [5.74, 6) is -2.12. The molecular formula is C19H19ClFNO4. The van der Waals surface area contributed by atoms with Gasteiger partial charge in [0.05, 0.1) is 12.1 Å². The lowest BCUT2D eigenvalue weighted by Crippen LogP contribution is -2.34. The van der Waals surface area contributed by atoms with E-state index in [0.29, 0.717) is 16.9 Å². The van der Waals surface area contributed by atoms with Crippen molar-refractivity contribution in [3.05, 3.63) is 64.4 Å². The van der Waals surface area contributed by atoms with E-state index in [2.05, 4.69) is 5.32 Å². The van der Waals surface area contributed by atoms with Gasteiger partial charge in [0.25, 0.3) is 0 Å². The molecule has 1 amide bonds. The number of amides is 1. The Hall–Kier alpha value is -2.60. The SMILES string of the molecule is COc1ccc(C(NC(=O)CC(C)c2ccccc2F)C(=O)O)cc1Cl. The maximum atomic E-state index is 13.8. The highest BCUT2D eigenvalue weighted by atomic mass is 35.5. The third-order valence-corrected chi connectivity index (χ3v) is 4.28. The first-order valence-electron chi connectivity index (χ1n) is 7.93. The standard InChI is InChI=1S/C19H19ClFNO4/c1-11(13-5-3-4-6-15(13)21)9-17(23)22-18(19(24)25)12-7-8-16(26-2)14(20)10-12/h3-8,10-11,18H,9H2,1-2H3,(H,22,23)(H,24,25). The topological polar surface area (TPSA) is 75.6 Å². The first-order chi connectivity index (χ1) is 12.3. The number of carboxylic acid groups (broad SMARTS) is 1. The van der Waals surface area contributed by atoms with Crippen LogP contribution in [-0.4, -0.2) is 24.1 Å². The fraction of sp³-hybridized carbons (Fsp3) is 0.263. The minimum Gasteiger partial charge on any atom is -0.495 e. The van der Waals surface area contributed by atoms with Crippen LogP contribution in [0.3, 0.4) is 0 Å². The zero-order valence-corrected chi connectivity index (χ0v) is 15.1. The van der Waals surface area contributed by atoms with Gasteiger partial charge in [0.2, 0.25) is 5.91 Å². The predicted molar refractivity (Wildman–Crippen MR) is 96.0 cm³/mol. The zero-order chi connectivity index (χ0) is 19.3. The van der Waals surface area contributed by atoms with Crippen molar-refractivity contribution < 1.29 is 23.8 Å². The van der Waals surface area contributed by atoms with Crippen LogP contribution < -0.4 is 10.1 Å². The van der Waals surface area contributed by atoms with Crippen molar-refractivity contribution in [2.24, 2.45) is 0 Å². The van der Waals surface area contributed by atoms with Crippen molar-refractivity contribution in [2.45, 2.75) is 25.3 Å². The van der Waals surface area contributed by atoms with E-state index in [1.807, 2.05) is 0 Å². The molecule has 5 nitrogen and oxygen atoms in total. The molecule has 2 atom stereocenters. The summed E-state index contributed by atoms with van der Waals surface area (Å²) in [6.07, 6.45) is -0.0470. The van der Waals surface area contributed by atoms with Crippen LogP contribution in [0.15, 0.2) is 42.5 Å². The molecule has 0 radical (unpaired) electrons. The van der Waals surface area contributed by atoms with E-state index in [1.54, 1.807) is 25.1 Å². The molecule has 0 fully saturated rings. The highest BCUT2D eigenvalue weighted by molar-refractivity contribution is 6.32. The van der Waals surface area contributed by atoms with E-state index in [-0.39, 0.29) is 11.4 Å². The quantitative estimate of drug-likeness (QED) is 0.764. The number of carboxylic acids is 1. The molecule has 2 unspecified atom stereocenters. The Bertz CT molecular complexity index is 812. The highest BCUT2D eigenvalue weighted by Crippen LogP contribution is 2.28. The van der Waals surface area contributed by atoms with Gasteiger partial charge in [0.15, 0.2) is 6.04 Å². The molecule has 0 bridgehead atoms. The lowest BCUT2D eigenvalue weighted by atomic mass is 9.96. The van der Waals surface area contributed by atoms with E-state index in [1.165, 1.54) is 31.4 Å². The van der Waals surface area contributed by atoms with E-state index in [4.69, 9.17) is 16.3 Å². The van der Waals surface area contributed by atoms with Crippen molar-refractivity contribution in [2.75, 3.05) is 7.11 Å². The van der Waals surface area contributed by atoms with Gasteiger partial charge in [0, 0.05) is 6.42 Å². The van der Waals surface area contributed by atoms with E-state index < -0.39 is 29.7 Å². The maximum Gasteiger partial charge on any atom is 0.330 e. The number of aliphatic carboxylic acids is 1. The molecule has 0 saturated heterocycles. The summed E-state index contributed by atoms with van der Waals surface area (Å²) < 4.78 is 18.8. The Morgan fingerprint density at radius 1 is 1.27 bits per heavy atom. The fourth-order valence-corrected chi connectivity index (χ4v) is 2.90. The number of hydrogen-bond acceptors (Lipinski definition) is 3. The molecule has 2 rings (SSSR count). The van der Waals surface area contributed by atoms with Crippen molar-refractivity contribution >= 4 is 23.5 Å². The minimum atomic E-state index is -1.27. The van der Waals surface area contributed by atoms with Crippen molar-refractivity contribution in [1.29, 1.82) is 0 Å². The van der Waals surface area contributed by atoms with Crippen LogP contribution in [0, 0.1) is 5.82 Å². The maximum absolute atomic E-state index is 13.8. The van der Waals surface area contributed by atoms with Crippen LogP contribution in [0.25, 0.3) is 0 Å². The first kappa shape index (κ1) is 19.7. The summed E-state index contributed by atoms with van der Waals surface area (Å²) in [6.45, 7) is 1.71. The summed E-state index contributed by atoms with van der Waals surface area (Å²) in [4.78, 5) is 23.8. The van der Waals surface area contributed by atoms with Crippen molar-refractivity contribution in [3.8, 4) is 5.75 Å². The average molecular weight is 380 g/mol. The second-order valence-corrected chi connectivity index (χ2v) is 6.27. The molecule has 0 aliphatic rings. The Kier molecular flexibility index (Phi) is 6.58. The molecule has 2 N–H and O–H groups in total. The number of methoxy groups -OCH3 is 1. The van der Waals surface area contributed by atoms with Crippen LogP contribution in [0.2, 0.25) is 5.02 Å². The number of ether oxygens (including phenoxy) is 1. The molecule has 138 valence electrons. The first-order valence-corrected chi connectivity index (χ1v) is 8.31. The van der Waals surface area contributed by atoms with Gasteiger partial charge in [-0.3, -0.25) is 4.79 Å². The molecule has 2 aromatic rings. The summed E-state index contributed by atoms with van der Waals surface area (Å²) >= 11 is 6.02. The molecule has 0 aliphatic heterocycles. The number of hydrogen-bond donors (Lipinski definition) is 2. The number of carbonyl (C=O) groups excluding carboxylic acids is 1. The molecule has 2 aromatic carbocycles. The van der Waals surface area contributed by atoms with Gasteiger partial charge in [-0.1, -0.05) is 42.8 Å². The molecule has 7 heteroatoms. The van der Waals surface area contributed by atoms with E-state index >= 15 is 0 Å². The molecule has 0 heterocycles. The largest absolute Gasteiger partial charge is 0.495 e. The normalized spacial score (nSPS) is 12.9. The smallest absolute Gasteiger partial charge is 0.330 e. The van der Waals surface area contributed by atoms with Gasteiger partial charge in [-0.15, -0.1) is 0 Å².